The SMILES string of the molecule is CCN1CC2CCC(OC)C34C2CC(C13)C1(O)CC(OC)C2(O)CC4C1C2OC(=O)c1ccccc1. The van der Waals surface area contributed by atoms with E-state index < -0.39 is 29.4 Å². The molecule has 7 rings (SSSR count). The van der Waals surface area contributed by atoms with Gasteiger partial charge in [0.2, 0.25) is 0 Å². The van der Waals surface area contributed by atoms with Crippen LogP contribution in [0.3, 0.4) is 0 Å². The van der Waals surface area contributed by atoms with Crippen LogP contribution in [0.2, 0.25) is 0 Å². The topological polar surface area (TPSA) is 88.5 Å². The molecular weight excluding hydrogens is 458 g/mol. The molecule has 7 heteroatoms. The summed E-state index contributed by atoms with van der Waals surface area (Å²) in [6, 6.07) is 9.17. The van der Waals surface area contributed by atoms with Crippen LogP contribution >= 0.6 is 0 Å². The van der Waals surface area contributed by atoms with Gasteiger partial charge < -0.3 is 24.4 Å². The Bertz CT molecular complexity index is 1050. The molecule has 1 aromatic rings. The number of methoxy groups -OCH3 is 2. The predicted octanol–water partition coefficient (Wildman–Crippen LogP) is 2.49. The summed E-state index contributed by atoms with van der Waals surface area (Å²) in [7, 11) is 3.44. The maximum absolute atomic E-state index is 13.3. The number of benzene rings is 1. The van der Waals surface area contributed by atoms with Gasteiger partial charge in [0.1, 0.15) is 11.7 Å². The zero-order valence-corrected chi connectivity index (χ0v) is 21.5. The summed E-state index contributed by atoms with van der Waals surface area (Å²) in [5, 5.41) is 25.0. The molecule has 36 heavy (non-hydrogen) atoms. The van der Waals surface area contributed by atoms with E-state index in [1.165, 1.54) is 0 Å². The third kappa shape index (κ3) is 2.59. The van der Waals surface area contributed by atoms with Gasteiger partial charge in [0.25, 0.3) is 0 Å². The Labute approximate surface area is 213 Å². The van der Waals surface area contributed by atoms with Crippen LogP contribution in [-0.2, 0) is 14.2 Å². The molecule has 7 bridgehead atoms. The van der Waals surface area contributed by atoms with Crippen molar-refractivity contribution in [1.29, 1.82) is 0 Å². The molecule has 7 nitrogen and oxygen atoms in total. The maximum Gasteiger partial charge on any atom is 0.338 e. The fourth-order valence-electron chi connectivity index (χ4n) is 10.8. The van der Waals surface area contributed by atoms with Crippen LogP contribution in [0.15, 0.2) is 30.3 Å². The van der Waals surface area contributed by atoms with Crippen molar-refractivity contribution in [3.05, 3.63) is 35.9 Å². The van der Waals surface area contributed by atoms with Crippen molar-refractivity contribution in [2.75, 3.05) is 27.3 Å². The minimum Gasteiger partial charge on any atom is -0.455 e. The standard InChI is InChI=1S/C29H39NO6/c1-4-30-15-17-10-11-21(34-2)29-18(17)12-19(24(29)30)27(32)14-22(35-3)28(33)13-20(29)23(27)25(28)36-26(31)16-8-6-5-7-9-16/h5-9,17-25,32-33H,4,10-15H2,1-3H3. The van der Waals surface area contributed by atoms with Crippen molar-refractivity contribution < 1.29 is 29.2 Å². The summed E-state index contributed by atoms with van der Waals surface area (Å²) in [4.78, 5) is 15.9. The Morgan fingerprint density at radius 1 is 1.00 bits per heavy atom. The number of esters is 1. The monoisotopic (exact) mass is 497 g/mol. The molecule has 12 unspecified atom stereocenters. The second kappa shape index (κ2) is 7.76. The third-order valence-corrected chi connectivity index (χ3v) is 11.8. The van der Waals surface area contributed by atoms with E-state index >= 15 is 0 Å². The molecule has 5 saturated carbocycles. The Morgan fingerprint density at radius 2 is 1.75 bits per heavy atom. The van der Waals surface area contributed by atoms with Gasteiger partial charge in [-0.25, -0.2) is 4.79 Å². The number of carbonyl (C=O) groups is 1. The molecule has 12 atom stereocenters. The summed E-state index contributed by atoms with van der Waals surface area (Å²) in [5.74, 6) is 0.301. The minimum absolute atomic E-state index is 0.00271. The van der Waals surface area contributed by atoms with Gasteiger partial charge in [-0.2, -0.15) is 0 Å². The highest BCUT2D eigenvalue weighted by atomic mass is 16.6. The maximum atomic E-state index is 13.3. The Kier molecular flexibility index (Phi) is 5.09. The summed E-state index contributed by atoms with van der Waals surface area (Å²) < 4.78 is 18.4. The van der Waals surface area contributed by atoms with Crippen LogP contribution in [-0.4, -0.2) is 83.9 Å². The largest absolute Gasteiger partial charge is 0.455 e. The lowest BCUT2D eigenvalue weighted by atomic mass is 9.46. The number of ether oxygens (including phenoxy) is 3. The first-order valence-corrected chi connectivity index (χ1v) is 13.8. The Hall–Kier alpha value is -1.51. The van der Waals surface area contributed by atoms with E-state index in [2.05, 4.69) is 11.8 Å². The first-order valence-electron chi connectivity index (χ1n) is 13.8. The lowest BCUT2D eigenvalue weighted by Crippen LogP contribution is -2.75. The van der Waals surface area contributed by atoms with Crippen molar-refractivity contribution in [2.24, 2.45) is 35.0 Å². The van der Waals surface area contributed by atoms with Crippen molar-refractivity contribution in [1.82, 2.24) is 4.90 Å². The predicted molar refractivity (Wildman–Crippen MR) is 131 cm³/mol. The molecule has 6 aliphatic rings. The summed E-state index contributed by atoms with van der Waals surface area (Å²) in [5.41, 5.74) is -2.10. The van der Waals surface area contributed by atoms with Crippen molar-refractivity contribution in [2.45, 2.75) is 74.6 Å². The Morgan fingerprint density at radius 3 is 2.44 bits per heavy atom. The molecule has 0 aromatic heterocycles. The van der Waals surface area contributed by atoms with Crippen molar-refractivity contribution in [3.8, 4) is 0 Å². The number of nitrogens with zero attached hydrogens (tertiary/aromatic N) is 1. The summed E-state index contributed by atoms with van der Waals surface area (Å²) in [6.45, 7) is 4.25. The summed E-state index contributed by atoms with van der Waals surface area (Å²) >= 11 is 0. The second-order valence-corrected chi connectivity index (χ2v) is 12.5. The molecule has 6 fully saturated rings. The van der Waals surface area contributed by atoms with Gasteiger partial charge in [0.05, 0.1) is 23.4 Å². The van der Waals surface area contributed by atoms with E-state index in [9.17, 15) is 15.0 Å². The molecule has 1 heterocycles. The molecule has 1 spiro atoms. The fourth-order valence-corrected chi connectivity index (χ4v) is 10.8. The smallest absolute Gasteiger partial charge is 0.338 e. The average Bonchev–Trinajstić information content (AvgIpc) is 3.27. The highest BCUT2D eigenvalue weighted by molar-refractivity contribution is 5.89. The first-order chi connectivity index (χ1) is 17.3. The molecule has 0 amide bonds. The number of fused-ring (bicyclic) bond motifs is 2. The molecule has 0 radical (unpaired) electrons. The number of rotatable bonds is 5. The van der Waals surface area contributed by atoms with E-state index in [-0.39, 0.29) is 35.3 Å². The van der Waals surface area contributed by atoms with E-state index in [4.69, 9.17) is 14.2 Å². The van der Waals surface area contributed by atoms with Crippen molar-refractivity contribution >= 4 is 5.97 Å². The normalized spacial score (nSPS) is 52.3. The zero-order valence-electron chi connectivity index (χ0n) is 21.5. The van der Waals surface area contributed by atoms with Crippen LogP contribution in [0, 0.1) is 35.0 Å². The molecular formula is C29H39NO6. The summed E-state index contributed by atoms with van der Waals surface area (Å²) in [6.07, 6.45) is 2.65. The number of aliphatic hydroxyl groups is 2. The van der Waals surface area contributed by atoms with Gasteiger partial charge in [-0.1, -0.05) is 25.1 Å². The van der Waals surface area contributed by atoms with Gasteiger partial charge in [0, 0.05) is 50.5 Å². The second-order valence-electron chi connectivity index (χ2n) is 12.5. The molecule has 1 saturated heterocycles. The van der Waals surface area contributed by atoms with Gasteiger partial charge >= 0.3 is 5.97 Å². The quantitative estimate of drug-likeness (QED) is 0.605. The van der Waals surface area contributed by atoms with E-state index in [1.54, 1.807) is 19.2 Å². The number of likely N-dealkylation sites (tertiary alicyclic amines) is 1. The van der Waals surface area contributed by atoms with E-state index in [1.807, 2.05) is 25.3 Å². The molecule has 5 aliphatic carbocycles. The number of piperidine rings is 1. The average molecular weight is 498 g/mol. The van der Waals surface area contributed by atoms with Crippen LogP contribution in [0.5, 0.6) is 0 Å². The fraction of sp³-hybridized carbons (Fsp3) is 0.759. The molecule has 2 N–H and O–H groups in total. The third-order valence-electron chi connectivity index (χ3n) is 11.8. The van der Waals surface area contributed by atoms with Crippen LogP contribution < -0.4 is 0 Å². The zero-order chi connectivity index (χ0) is 25.0. The highest BCUT2D eigenvalue weighted by Gasteiger charge is 2.84. The molecule has 1 aromatic carbocycles. The number of carbonyl (C=O) groups excluding carboxylic acids is 1. The van der Waals surface area contributed by atoms with E-state index in [0.29, 0.717) is 30.2 Å². The number of hydrogen-bond donors (Lipinski definition) is 2. The van der Waals surface area contributed by atoms with Crippen molar-refractivity contribution in [3.63, 3.8) is 0 Å². The van der Waals surface area contributed by atoms with Gasteiger partial charge in [-0.3, -0.25) is 4.90 Å². The lowest BCUT2D eigenvalue weighted by molar-refractivity contribution is -0.271. The Balaban J connectivity index is 1.39. The van der Waals surface area contributed by atoms with Gasteiger partial charge in [0.15, 0.2) is 0 Å². The van der Waals surface area contributed by atoms with Gasteiger partial charge in [-0.15, -0.1) is 0 Å². The highest BCUT2D eigenvalue weighted by Crippen LogP contribution is 2.77. The van der Waals surface area contributed by atoms with Crippen LogP contribution in [0.1, 0.15) is 49.4 Å². The lowest BCUT2D eigenvalue weighted by Gasteiger charge is -2.67. The number of hydrogen-bond acceptors (Lipinski definition) is 7. The first kappa shape index (κ1) is 23.6. The van der Waals surface area contributed by atoms with Crippen LogP contribution in [0.25, 0.3) is 0 Å². The van der Waals surface area contributed by atoms with E-state index in [0.717, 1.165) is 32.4 Å². The van der Waals surface area contributed by atoms with Crippen LogP contribution in [0.4, 0.5) is 0 Å². The van der Waals surface area contributed by atoms with Gasteiger partial charge in [-0.05, 0) is 62.1 Å². The molecule has 1 aliphatic heterocycles. The minimum atomic E-state index is -1.34. The molecule has 196 valence electrons.